The van der Waals surface area contributed by atoms with Gasteiger partial charge < -0.3 is 19.7 Å². The second-order valence-corrected chi connectivity index (χ2v) is 7.00. The number of carbonyl (C=O) groups is 4. The van der Waals surface area contributed by atoms with E-state index in [-0.39, 0.29) is 36.9 Å². The molecule has 9 heteroatoms. The van der Waals surface area contributed by atoms with Crippen LogP contribution in [0, 0.1) is 0 Å². The zero-order chi connectivity index (χ0) is 19.7. The number of carbonyl (C=O) groups excluding carboxylic acids is 4. The second kappa shape index (κ2) is 7.42. The van der Waals surface area contributed by atoms with Crippen LogP contribution in [-0.2, 0) is 16.6 Å². The summed E-state index contributed by atoms with van der Waals surface area (Å²) in [5, 5.41) is 2.61. The number of likely N-dealkylation sites (tertiary alicyclic amines) is 1. The van der Waals surface area contributed by atoms with E-state index in [4.69, 9.17) is 0 Å². The molecule has 146 valence electrons. The zero-order valence-electron chi connectivity index (χ0n) is 15.9. The number of hydrogen-bond donors (Lipinski definition) is 1. The van der Waals surface area contributed by atoms with Gasteiger partial charge in [0.1, 0.15) is 18.8 Å². The Hall–Kier alpha value is -2.84. The molecule has 1 unspecified atom stereocenters. The van der Waals surface area contributed by atoms with Crippen molar-refractivity contribution >= 4 is 23.8 Å². The first-order chi connectivity index (χ1) is 12.8. The van der Waals surface area contributed by atoms with Crippen LogP contribution in [-0.4, -0.2) is 76.7 Å². The lowest BCUT2D eigenvalue weighted by Crippen LogP contribution is -2.46. The van der Waals surface area contributed by atoms with Crippen LogP contribution in [0.1, 0.15) is 41.5 Å². The number of imide groups is 1. The lowest BCUT2D eigenvalue weighted by atomic mass is 9.99. The van der Waals surface area contributed by atoms with Crippen molar-refractivity contribution in [3.8, 4) is 0 Å². The van der Waals surface area contributed by atoms with Crippen LogP contribution in [0.3, 0.4) is 0 Å². The number of nitrogens with one attached hydrogen (secondary N) is 1. The van der Waals surface area contributed by atoms with Gasteiger partial charge in [0.25, 0.3) is 11.8 Å². The molecule has 1 aromatic heterocycles. The molecule has 0 spiro atoms. The second-order valence-electron chi connectivity index (χ2n) is 7.00. The largest absolute Gasteiger partial charge is 0.354 e. The van der Waals surface area contributed by atoms with Crippen LogP contribution in [0.15, 0.2) is 12.1 Å². The Labute approximate surface area is 157 Å². The van der Waals surface area contributed by atoms with Crippen LogP contribution in [0.4, 0.5) is 4.79 Å². The highest BCUT2D eigenvalue weighted by Gasteiger charge is 2.38. The Morgan fingerprint density at radius 2 is 1.93 bits per heavy atom. The maximum absolute atomic E-state index is 12.9. The molecule has 2 saturated heterocycles. The number of amides is 5. The van der Waals surface area contributed by atoms with Crippen molar-refractivity contribution in [3.63, 3.8) is 0 Å². The van der Waals surface area contributed by atoms with Gasteiger partial charge in [0, 0.05) is 33.4 Å². The summed E-state index contributed by atoms with van der Waals surface area (Å²) in [6, 6.07) is 2.98. The Balaban J connectivity index is 1.81. The lowest BCUT2D eigenvalue weighted by Gasteiger charge is -2.36. The Morgan fingerprint density at radius 1 is 1.19 bits per heavy atom. The average Bonchev–Trinajstić information content (AvgIpc) is 3.15. The van der Waals surface area contributed by atoms with Crippen molar-refractivity contribution in [2.45, 2.75) is 25.3 Å². The Bertz CT molecular complexity index is 787. The average molecular weight is 375 g/mol. The number of rotatable bonds is 4. The van der Waals surface area contributed by atoms with Gasteiger partial charge in [-0.15, -0.1) is 0 Å². The van der Waals surface area contributed by atoms with Crippen molar-refractivity contribution in [3.05, 3.63) is 23.5 Å². The third kappa shape index (κ3) is 3.41. The normalized spacial score (nSPS) is 20.4. The predicted molar refractivity (Wildman–Crippen MR) is 96.8 cm³/mol. The quantitative estimate of drug-likeness (QED) is 0.768. The fraction of sp³-hybridized carbons (Fsp3) is 0.556. The Kier molecular flexibility index (Phi) is 5.20. The van der Waals surface area contributed by atoms with Gasteiger partial charge in [-0.05, 0) is 31.4 Å². The van der Waals surface area contributed by atoms with Gasteiger partial charge in [0.05, 0.1) is 6.04 Å². The molecule has 0 saturated carbocycles. The molecule has 0 bridgehead atoms. The van der Waals surface area contributed by atoms with E-state index in [1.165, 1.54) is 4.90 Å². The number of aromatic nitrogens is 1. The van der Waals surface area contributed by atoms with E-state index >= 15 is 0 Å². The summed E-state index contributed by atoms with van der Waals surface area (Å²) in [4.78, 5) is 53.0. The van der Waals surface area contributed by atoms with Gasteiger partial charge >= 0.3 is 6.03 Å². The summed E-state index contributed by atoms with van der Waals surface area (Å²) in [7, 11) is 4.92. The molecule has 0 radical (unpaired) electrons. The Morgan fingerprint density at radius 3 is 2.56 bits per heavy atom. The molecular weight excluding hydrogens is 350 g/mol. The topological polar surface area (TPSA) is 95.0 Å². The number of nitrogens with zero attached hydrogens (tertiary/aromatic N) is 4. The van der Waals surface area contributed by atoms with Crippen LogP contribution < -0.4 is 5.32 Å². The number of piperidine rings is 1. The number of likely N-dealkylation sites (N-methyl/N-ethyl adjacent to an activating group) is 1. The van der Waals surface area contributed by atoms with Gasteiger partial charge in [-0.2, -0.15) is 0 Å². The van der Waals surface area contributed by atoms with E-state index in [9.17, 15) is 19.2 Å². The molecule has 5 amide bonds. The van der Waals surface area contributed by atoms with Gasteiger partial charge in [0.15, 0.2) is 0 Å². The predicted octanol–water partition coefficient (Wildman–Crippen LogP) is 0.332. The minimum Gasteiger partial charge on any atom is -0.354 e. The molecule has 3 rings (SSSR count). The van der Waals surface area contributed by atoms with Gasteiger partial charge in [-0.25, -0.2) is 4.79 Å². The molecular formula is C18H25N5O4. The van der Waals surface area contributed by atoms with Crippen molar-refractivity contribution in [2.75, 3.05) is 33.7 Å². The van der Waals surface area contributed by atoms with Gasteiger partial charge in [-0.1, -0.05) is 0 Å². The van der Waals surface area contributed by atoms with E-state index in [1.54, 1.807) is 36.7 Å². The van der Waals surface area contributed by atoms with Crippen molar-refractivity contribution in [1.82, 2.24) is 24.6 Å². The van der Waals surface area contributed by atoms with Crippen LogP contribution in [0.5, 0.6) is 0 Å². The van der Waals surface area contributed by atoms with E-state index in [1.807, 2.05) is 6.07 Å². The van der Waals surface area contributed by atoms with Crippen molar-refractivity contribution in [1.29, 1.82) is 0 Å². The third-order valence-electron chi connectivity index (χ3n) is 5.31. The summed E-state index contributed by atoms with van der Waals surface area (Å²) in [5.41, 5.74) is 1.40. The SMILES string of the molecule is CNC(=O)c1ccc(C2CCCCN2C(=O)CN2C(=O)CN(C)C2=O)n1C. The maximum Gasteiger partial charge on any atom is 0.327 e. The molecule has 9 nitrogen and oxygen atoms in total. The summed E-state index contributed by atoms with van der Waals surface area (Å²) in [6.45, 7) is 0.324. The summed E-state index contributed by atoms with van der Waals surface area (Å²) < 4.78 is 1.80. The molecule has 2 aliphatic rings. The standard InChI is InChI=1S/C18H25N5O4/c1-19-17(26)14-8-7-12(21(14)3)13-6-4-5-9-22(13)16(25)11-23-15(24)10-20(2)18(23)27/h7-8,13H,4-6,9-11H2,1-3H3,(H,19,26). The fourth-order valence-electron chi connectivity index (χ4n) is 3.81. The van der Waals surface area contributed by atoms with Crippen molar-refractivity contribution in [2.24, 2.45) is 7.05 Å². The van der Waals surface area contributed by atoms with Crippen LogP contribution in [0.2, 0.25) is 0 Å². The maximum atomic E-state index is 12.9. The van der Waals surface area contributed by atoms with Gasteiger partial charge in [-0.3, -0.25) is 19.3 Å². The van der Waals surface area contributed by atoms with Crippen LogP contribution in [0.25, 0.3) is 0 Å². The molecule has 0 aliphatic carbocycles. The first kappa shape index (κ1) is 18.9. The minimum absolute atomic E-state index is 0.00282. The highest BCUT2D eigenvalue weighted by molar-refractivity contribution is 6.04. The summed E-state index contributed by atoms with van der Waals surface area (Å²) in [6.07, 6.45) is 2.62. The van der Waals surface area contributed by atoms with E-state index in [2.05, 4.69) is 5.32 Å². The summed E-state index contributed by atoms with van der Waals surface area (Å²) >= 11 is 0. The first-order valence-electron chi connectivity index (χ1n) is 9.07. The van der Waals surface area contributed by atoms with Gasteiger partial charge in [0.2, 0.25) is 5.91 Å². The third-order valence-corrected chi connectivity index (χ3v) is 5.31. The molecule has 1 aromatic rings. The molecule has 1 N–H and O–H groups in total. The van der Waals surface area contributed by atoms with E-state index in [0.717, 1.165) is 29.9 Å². The highest BCUT2D eigenvalue weighted by atomic mass is 16.2. The van der Waals surface area contributed by atoms with E-state index in [0.29, 0.717) is 12.2 Å². The zero-order valence-corrected chi connectivity index (χ0v) is 15.9. The highest BCUT2D eigenvalue weighted by Crippen LogP contribution is 2.32. The van der Waals surface area contributed by atoms with Crippen LogP contribution >= 0.6 is 0 Å². The monoisotopic (exact) mass is 375 g/mol. The minimum atomic E-state index is -0.442. The smallest absolute Gasteiger partial charge is 0.327 e. The summed E-state index contributed by atoms with van der Waals surface area (Å²) in [5.74, 6) is -0.793. The molecule has 1 atom stereocenters. The first-order valence-corrected chi connectivity index (χ1v) is 9.07. The number of hydrogen-bond acceptors (Lipinski definition) is 4. The fourth-order valence-corrected chi connectivity index (χ4v) is 3.81. The van der Waals surface area contributed by atoms with E-state index < -0.39 is 6.03 Å². The molecule has 2 fully saturated rings. The lowest BCUT2D eigenvalue weighted by molar-refractivity contribution is -0.139. The molecule has 3 heterocycles. The molecule has 2 aliphatic heterocycles. The molecule has 27 heavy (non-hydrogen) atoms. The number of urea groups is 1. The molecule has 0 aromatic carbocycles. The van der Waals surface area contributed by atoms with Crippen molar-refractivity contribution < 1.29 is 19.2 Å².